The van der Waals surface area contributed by atoms with Crippen LogP contribution >= 0.6 is 0 Å². The lowest BCUT2D eigenvalue weighted by Crippen LogP contribution is -2.15. The summed E-state index contributed by atoms with van der Waals surface area (Å²) in [5.41, 5.74) is 6.22. The van der Waals surface area contributed by atoms with E-state index in [0.717, 1.165) is 6.42 Å². The lowest BCUT2D eigenvalue weighted by Gasteiger charge is -1.99. The van der Waals surface area contributed by atoms with Gasteiger partial charge in [0.1, 0.15) is 5.82 Å². The Balaban J connectivity index is 2.00. The summed E-state index contributed by atoms with van der Waals surface area (Å²) >= 11 is 0. The van der Waals surface area contributed by atoms with Crippen molar-refractivity contribution in [1.82, 2.24) is 10.1 Å². The van der Waals surface area contributed by atoms with Gasteiger partial charge in [0.25, 0.3) is 0 Å². The minimum Gasteiger partial charge on any atom is -0.339 e. The summed E-state index contributed by atoms with van der Waals surface area (Å²) < 4.78 is 18.5. The fourth-order valence-corrected chi connectivity index (χ4v) is 1.63. The molecule has 1 atom stereocenters. The van der Waals surface area contributed by atoms with Gasteiger partial charge in [-0.3, -0.25) is 0 Å². The summed E-state index contributed by atoms with van der Waals surface area (Å²) in [5, 5.41) is 3.84. The molecule has 2 N–H and O–H groups in total. The number of nitrogens with two attached hydrogens (primary N) is 1. The van der Waals surface area contributed by atoms with Crippen LogP contribution in [0.3, 0.4) is 0 Å². The number of aryl methyl sites for hydroxylation is 1. The van der Waals surface area contributed by atoms with E-state index in [1.807, 2.05) is 6.92 Å². The summed E-state index contributed by atoms with van der Waals surface area (Å²) in [4.78, 5) is 4.22. The Hall–Kier alpha value is -1.75. The molecule has 0 aliphatic rings. The molecule has 0 radical (unpaired) electrons. The molecule has 0 saturated heterocycles. The molecule has 5 heteroatoms. The van der Waals surface area contributed by atoms with Crippen LogP contribution in [-0.4, -0.2) is 16.2 Å². The zero-order valence-corrected chi connectivity index (χ0v) is 10.3. The Kier molecular flexibility index (Phi) is 4.04. The van der Waals surface area contributed by atoms with Crippen LogP contribution in [0.1, 0.15) is 30.6 Å². The number of halogens is 1. The number of aromatic nitrogens is 2. The van der Waals surface area contributed by atoms with Crippen molar-refractivity contribution >= 4 is 0 Å². The molecule has 2 aromatic rings. The van der Waals surface area contributed by atoms with Crippen molar-refractivity contribution in [1.29, 1.82) is 0 Å². The molecular weight excluding hydrogens is 233 g/mol. The first-order valence-electron chi connectivity index (χ1n) is 5.95. The van der Waals surface area contributed by atoms with E-state index in [-0.39, 0.29) is 11.9 Å². The van der Waals surface area contributed by atoms with E-state index in [1.54, 1.807) is 18.2 Å². The topological polar surface area (TPSA) is 64.9 Å². The van der Waals surface area contributed by atoms with E-state index in [1.165, 1.54) is 6.07 Å². The highest BCUT2D eigenvalue weighted by molar-refractivity contribution is 5.20. The predicted molar refractivity (Wildman–Crippen MR) is 65.5 cm³/mol. The number of hydrogen-bond acceptors (Lipinski definition) is 4. The van der Waals surface area contributed by atoms with Crippen molar-refractivity contribution in [3.63, 3.8) is 0 Å². The Morgan fingerprint density at radius 1 is 1.39 bits per heavy atom. The lowest BCUT2D eigenvalue weighted by atomic mass is 10.1. The highest BCUT2D eigenvalue weighted by Gasteiger charge is 2.10. The molecule has 4 nitrogen and oxygen atoms in total. The number of rotatable bonds is 5. The van der Waals surface area contributed by atoms with Gasteiger partial charge in [-0.2, -0.15) is 4.98 Å². The molecule has 96 valence electrons. The lowest BCUT2D eigenvalue weighted by molar-refractivity contribution is 0.368. The second-order valence-corrected chi connectivity index (χ2v) is 4.39. The molecule has 0 saturated carbocycles. The first-order valence-corrected chi connectivity index (χ1v) is 5.95. The average molecular weight is 249 g/mol. The Labute approximate surface area is 105 Å². The minimum absolute atomic E-state index is 0.104. The van der Waals surface area contributed by atoms with E-state index in [2.05, 4.69) is 10.1 Å². The monoisotopic (exact) mass is 249 g/mol. The second-order valence-electron chi connectivity index (χ2n) is 4.39. The maximum absolute atomic E-state index is 13.4. The Morgan fingerprint density at radius 2 is 2.17 bits per heavy atom. The van der Waals surface area contributed by atoms with Gasteiger partial charge in [-0.1, -0.05) is 23.4 Å². The van der Waals surface area contributed by atoms with Crippen LogP contribution in [0.2, 0.25) is 0 Å². The van der Waals surface area contributed by atoms with Crippen LogP contribution in [0.15, 0.2) is 28.8 Å². The standard InChI is InChI=1S/C13H16FN3O/c1-9(15)6-7-13-16-12(17-18-13)8-10-4-2-3-5-11(10)14/h2-5,9H,6-8,15H2,1H3. The summed E-state index contributed by atoms with van der Waals surface area (Å²) in [6.45, 7) is 1.93. The molecule has 0 spiro atoms. The van der Waals surface area contributed by atoms with Gasteiger partial charge in [0.15, 0.2) is 5.82 Å². The molecule has 1 unspecified atom stereocenters. The van der Waals surface area contributed by atoms with E-state index in [0.29, 0.717) is 30.1 Å². The van der Waals surface area contributed by atoms with Gasteiger partial charge in [-0.25, -0.2) is 4.39 Å². The Bertz CT molecular complexity index is 510. The zero-order chi connectivity index (χ0) is 13.0. The SMILES string of the molecule is CC(N)CCc1nc(Cc2ccccc2F)no1. The third-order valence-electron chi connectivity index (χ3n) is 2.63. The maximum atomic E-state index is 13.4. The van der Waals surface area contributed by atoms with Crippen LogP contribution in [0, 0.1) is 5.82 Å². The molecule has 0 aliphatic heterocycles. The first-order chi connectivity index (χ1) is 8.65. The summed E-state index contributed by atoms with van der Waals surface area (Å²) in [6, 6.07) is 6.69. The highest BCUT2D eigenvalue weighted by Crippen LogP contribution is 2.11. The third-order valence-corrected chi connectivity index (χ3v) is 2.63. The molecular formula is C13H16FN3O. The van der Waals surface area contributed by atoms with Crippen LogP contribution in [-0.2, 0) is 12.8 Å². The number of nitrogens with zero attached hydrogens (tertiary/aromatic N) is 2. The van der Waals surface area contributed by atoms with Crippen molar-refractivity contribution in [2.75, 3.05) is 0 Å². The normalized spacial score (nSPS) is 12.6. The van der Waals surface area contributed by atoms with Crippen LogP contribution in [0.4, 0.5) is 4.39 Å². The van der Waals surface area contributed by atoms with E-state index in [9.17, 15) is 4.39 Å². The van der Waals surface area contributed by atoms with Gasteiger partial charge in [-0.15, -0.1) is 0 Å². The van der Waals surface area contributed by atoms with Crippen LogP contribution < -0.4 is 5.73 Å². The fraction of sp³-hybridized carbons (Fsp3) is 0.385. The maximum Gasteiger partial charge on any atom is 0.226 e. The van der Waals surface area contributed by atoms with Crippen LogP contribution in [0.25, 0.3) is 0 Å². The molecule has 1 aromatic carbocycles. The van der Waals surface area contributed by atoms with Gasteiger partial charge >= 0.3 is 0 Å². The smallest absolute Gasteiger partial charge is 0.226 e. The number of hydrogen-bond donors (Lipinski definition) is 1. The summed E-state index contributed by atoms with van der Waals surface area (Å²) in [5.74, 6) is 0.804. The van der Waals surface area contributed by atoms with Gasteiger partial charge in [0.2, 0.25) is 5.89 Å². The predicted octanol–water partition coefficient (Wildman–Crippen LogP) is 2.08. The number of benzene rings is 1. The molecule has 1 heterocycles. The first kappa shape index (κ1) is 12.7. The van der Waals surface area contributed by atoms with Gasteiger partial charge < -0.3 is 10.3 Å². The molecule has 0 fully saturated rings. The molecule has 0 bridgehead atoms. The zero-order valence-electron chi connectivity index (χ0n) is 10.3. The molecule has 18 heavy (non-hydrogen) atoms. The molecule has 0 amide bonds. The van der Waals surface area contributed by atoms with E-state index < -0.39 is 0 Å². The minimum atomic E-state index is -0.251. The largest absolute Gasteiger partial charge is 0.339 e. The summed E-state index contributed by atoms with van der Waals surface area (Å²) in [7, 11) is 0. The van der Waals surface area contributed by atoms with Gasteiger partial charge in [0, 0.05) is 18.9 Å². The van der Waals surface area contributed by atoms with Crippen molar-refractivity contribution in [3.05, 3.63) is 47.4 Å². The molecule has 2 rings (SSSR count). The third kappa shape index (κ3) is 3.37. The molecule has 0 aliphatic carbocycles. The fourth-order valence-electron chi connectivity index (χ4n) is 1.63. The second kappa shape index (κ2) is 5.73. The molecule has 1 aromatic heterocycles. The summed E-state index contributed by atoms with van der Waals surface area (Å²) in [6.07, 6.45) is 1.79. The van der Waals surface area contributed by atoms with Crippen molar-refractivity contribution in [2.24, 2.45) is 5.73 Å². The van der Waals surface area contributed by atoms with Crippen molar-refractivity contribution < 1.29 is 8.91 Å². The quantitative estimate of drug-likeness (QED) is 0.881. The van der Waals surface area contributed by atoms with Gasteiger partial charge in [0.05, 0.1) is 0 Å². The highest BCUT2D eigenvalue weighted by atomic mass is 19.1. The van der Waals surface area contributed by atoms with E-state index >= 15 is 0 Å². The average Bonchev–Trinajstić information content (AvgIpc) is 2.77. The van der Waals surface area contributed by atoms with Gasteiger partial charge in [-0.05, 0) is 25.0 Å². The Morgan fingerprint density at radius 3 is 2.89 bits per heavy atom. The van der Waals surface area contributed by atoms with Crippen LogP contribution in [0.5, 0.6) is 0 Å². The van der Waals surface area contributed by atoms with Crippen molar-refractivity contribution in [2.45, 2.75) is 32.2 Å². The van der Waals surface area contributed by atoms with E-state index in [4.69, 9.17) is 10.3 Å². The van der Waals surface area contributed by atoms with Crippen molar-refractivity contribution in [3.8, 4) is 0 Å².